The van der Waals surface area contributed by atoms with E-state index in [0.29, 0.717) is 30.0 Å². The second-order valence-electron chi connectivity index (χ2n) is 6.49. The molecule has 0 unspecified atom stereocenters. The van der Waals surface area contributed by atoms with Crippen LogP contribution < -0.4 is 5.32 Å². The smallest absolute Gasteiger partial charge is 0.277 e. The van der Waals surface area contributed by atoms with Gasteiger partial charge in [0.15, 0.2) is 0 Å². The Hall–Kier alpha value is -2.35. The first kappa shape index (κ1) is 18.4. The van der Waals surface area contributed by atoms with Crippen LogP contribution in [0.15, 0.2) is 33.9 Å². The van der Waals surface area contributed by atoms with Crippen LogP contribution in [-0.4, -0.2) is 39.2 Å². The summed E-state index contributed by atoms with van der Waals surface area (Å²) in [5, 5.41) is 11.0. The summed E-state index contributed by atoms with van der Waals surface area (Å²) in [7, 11) is 0. The Bertz CT molecular complexity index is 773. The number of carbonyl (C=O) groups excluding carboxylic acids is 2. The highest BCUT2D eigenvalue weighted by Crippen LogP contribution is 2.20. The summed E-state index contributed by atoms with van der Waals surface area (Å²) in [6.45, 7) is 5.31. The van der Waals surface area contributed by atoms with Crippen molar-refractivity contribution in [3.63, 3.8) is 0 Å². The van der Waals surface area contributed by atoms with E-state index in [4.69, 9.17) is 4.42 Å². The molecule has 1 N–H and O–H groups in total. The van der Waals surface area contributed by atoms with Crippen molar-refractivity contribution in [1.82, 2.24) is 15.1 Å². The van der Waals surface area contributed by atoms with Gasteiger partial charge in [-0.3, -0.25) is 9.59 Å². The van der Waals surface area contributed by atoms with Crippen molar-refractivity contribution >= 4 is 29.3 Å². The SMILES string of the molecule is CC(C)c1ccc(NC(=O)CSc2nnc(CN3CCCC3=O)o2)cc1. The van der Waals surface area contributed by atoms with E-state index < -0.39 is 0 Å². The number of hydrogen-bond donors (Lipinski definition) is 1. The lowest BCUT2D eigenvalue weighted by molar-refractivity contribution is -0.128. The first-order valence-electron chi connectivity index (χ1n) is 8.64. The fraction of sp³-hybridized carbons (Fsp3) is 0.444. The number of thioether (sulfide) groups is 1. The number of aromatic nitrogens is 2. The summed E-state index contributed by atoms with van der Waals surface area (Å²) in [5.41, 5.74) is 1.99. The zero-order chi connectivity index (χ0) is 18.5. The van der Waals surface area contributed by atoms with Crippen molar-refractivity contribution in [3.8, 4) is 0 Å². The highest BCUT2D eigenvalue weighted by Gasteiger charge is 2.22. The van der Waals surface area contributed by atoms with E-state index in [-0.39, 0.29) is 17.6 Å². The van der Waals surface area contributed by atoms with Gasteiger partial charge in [-0.25, -0.2) is 0 Å². The van der Waals surface area contributed by atoms with Crippen molar-refractivity contribution in [2.24, 2.45) is 0 Å². The molecule has 0 aliphatic carbocycles. The van der Waals surface area contributed by atoms with E-state index in [1.807, 2.05) is 24.3 Å². The molecule has 0 bridgehead atoms. The largest absolute Gasteiger partial charge is 0.414 e. The van der Waals surface area contributed by atoms with Gasteiger partial charge in [0.1, 0.15) is 0 Å². The van der Waals surface area contributed by atoms with Crippen LogP contribution in [0.3, 0.4) is 0 Å². The molecular weight excluding hydrogens is 352 g/mol. The van der Waals surface area contributed by atoms with E-state index in [0.717, 1.165) is 18.7 Å². The molecule has 3 rings (SSSR count). The molecular formula is C18H22N4O3S. The second kappa shape index (κ2) is 8.35. The van der Waals surface area contributed by atoms with Crippen molar-refractivity contribution in [2.45, 2.75) is 44.4 Å². The minimum Gasteiger partial charge on any atom is -0.414 e. The third-order valence-electron chi connectivity index (χ3n) is 4.13. The van der Waals surface area contributed by atoms with E-state index in [1.165, 1.54) is 17.3 Å². The number of likely N-dealkylation sites (tertiary alicyclic amines) is 1. The Morgan fingerprint density at radius 3 is 2.73 bits per heavy atom. The average Bonchev–Trinajstić information content (AvgIpc) is 3.23. The summed E-state index contributed by atoms with van der Waals surface area (Å²) in [4.78, 5) is 25.4. The molecule has 1 aliphatic heterocycles. The molecule has 26 heavy (non-hydrogen) atoms. The quantitative estimate of drug-likeness (QED) is 0.750. The molecule has 7 nitrogen and oxygen atoms in total. The predicted molar refractivity (Wildman–Crippen MR) is 98.8 cm³/mol. The van der Waals surface area contributed by atoms with Gasteiger partial charge in [-0.1, -0.05) is 37.7 Å². The Morgan fingerprint density at radius 1 is 1.31 bits per heavy atom. The molecule has 0 saturated carbocycles. The number of amides is 2. The lowest BCUT2D eigenvalue weighted by atomic mass is 10.0. The lowest BCUT2D eigenvalue weighted by Crippen LogP contribution is -2.23. The van der Waals surface area contributed by atoms with E-state index >= 15 is 0 Å². The van der Waals surface area contributed by atoms with Crippen LogP contribution in [-0.2, 0) is 16.1 Å². The van der Waals surface area contributed by atoms with Gasteiger partial charge in [0.2, 0.25) is 17.7 Å². The Labute approximate surface area is 156 Å². The minimum atomic E-state index is -0.137. The highest BCUT2D eigenvalue weighted by molar-refractivity contribution is 7.99. The number of hydrogen-bond acceptors (Lipinski definition) is 6. The summed E-state index contributed by atoms with van der Waals surface area (Å²) >= 11 is 1.18. The van der Waals surface area contributed by atoms with Gasteiger partial charge in [-0.15, -0.1) is 10.2 Å². The number of nitrogens with zero attached hydrogens (tertiary/aromatic N) is 3. The molecule has 1 saturated heterocycles. The standard InChI is InChI=1S/C18H22N4O3S/c1-12(2)13-5-7-14(8-6-13)19-15(23)11-26-18-21-20-16(25-18)10-22-9-3-4-17(22)24/h5-8,12H,3-4,9-11H2,1-2H3,(H,19,23). The average molecular weight is 374 g/mol. The van der Waals surface area contributed by atoms with Crippen molar-refractivity contribution in [2.75, 3.05) is 17.6 Å². The van der Waals surface area contributed by atoms with Crippen molar-refractivity contribution in [3.05, 3.63) is 35.7 Å². The maximum atomic E-state index is 12.1. The van der Waals surface area contributed by atoms with Gasteiger partial charge in [-0.05, 0) is 30.0 Å². The number of rotatable bonds is 7. The summed E-state index contributed by atoms with van der Waals surface area (Å²) in [6, 6.07) is 7.82. The van der Waals surface area contributed by atoms with Crippen LogP contribution in [0.4, 0.5) is 5.69 Å². The van der Waals surface area contributed by atoms with Gasteiger partial charge in [-0.2, -0.15) is 0 Å². The first-order chi connectivity index (χ1) is 12.5. The number of nitrogens with one attached hydrogen (secondary N) is 1. The molecule has 0 spiro atoms. The maximum absolute atomic E-state index is 12.1. The van der Waals surface area contributed by atoms with Gasteiger partial charge in [0.05, 0.1) is 12.3 Å². The monoisotopic (exact) mass is 374 g/mol. The zero-order valence-corrected chi connectivity index (χ0v) is 15.7. The van der Waals surface area contributed by atoms with E-state index in [2.05, 4.69) is 29.4 Å². The molecule has 1 aromatic heterocycles. The number of carbonyl (C=O) groups is 2. The predicted octanol–water partition coefficient (Wildman–Crippen LogP) is 3.05. The van der Waals surface area contributed by atoms with E-state index in [1.54, 1.807) is 4.90 Å². The van der Waals surface area contributed by atoms with E-state index in [9.17, 15) is 9.59 Å². The van der Waals surface area contributed by atoms with Crippen LogP contribution in [0.1, 0.15) is 44.1 Å². The zero-order valence-electron chi connectivity index (χ0n) is 14.9. The first-order valence-corrected chi connectivity index (χ1v) is 9.62. The third-order valence-corrected chi connectivity index (χ3v) is 4.95. The van der Waals surface area contributed by atoms with Crippen molar-refractivity contribution in [1.29, 1.82) is 0 Å². The summed E-state index contributed by atoms with van der Waals surface area (Å²) in [5.74, 6) is 1.00. The fourth-order valence-electron chi connectivity index (χ4n) is 2.67. The third kappa shape index (κ3) is 4.85. The van der Waals surface area contributed by atoms with Gasteiger partial charge >= 0.3 is 0 Å². The summed E-state index contributed by atoms with van der Waals surface area (Å²) < 4.78 is 5.50. The van der Waals surface area contributed by atoms with Gasteiger partial charge in [0.25, 0.3) is 5.22 Å². The van der Waals surface area contributed by atoms with Crippen LogP contribution in [0.2, 0.25) is 0 Å². The molecule has 2 heterocycles. The second-order valence-corrected chi connectivity index (χ2v) is 7.42. The topological polar surface area (TPSA) is 88.3 Å². The molecule has 1 aliphatic rings. The molecule has 138 valence electrons. The number of benzene rings is 1. The molecule has 0 radical (unpaired) electrons. The normalized spacial score (nSPS) is 14.3. The van der Waals surface area contributed by atoms with Gasteiger partial charge < -0.3 is 14.6 Å². The minimum absolute atomic E-state index is 0.111. The molecule has 8 heteroatoms. The van der Waals surface area contributed by atoms with Crippen LogP contribution >= 0.6 is 11.8 Å². The Balaban J connectivity index is 1.46. The van der Waals surface area contributed by atoms with Crippen molar-refractivity contribution < 1.29 is 14.0 Å². The van der Waals surface area contributed by atoms with Crippen LogP contribution in [0.5, 0.6) is 0 Å². The Morgan fingerprint density at radius 2 is 2.08 bits per heavy atom. The Kier molecular flexibility index (Phi) is 5.92. The van der Waals surface area contributed by atoms with Crippen LogP contribution in [0.25, 0.3) is 0 Å². The maximum Gasteiger partial charge on any atom is 0.277 e. The lowest BCUT2D eigenvalue weighted by Gasteiger charge is -2.11. The van der Waals surface area contributed by atoms with Gasteiger partial charge in [0, 0.05) is 18.7 Å². The summed E-state index contributed by atoms with van der Waals surface area (Å²) in [6.07, 6.45) is 1.45. The molecule has 2 aromatic rings. The fourth-order valence-corrected chi connectivity index (χ4v) is 3.25. The molecule has 0 atom stereocenters. The number of anilines is 1. The molecule has 2 amide bonds. The molecule has 1 fully saturated rings. The molecule has 1 aromatic carbocycles. The van der Waals surface area contributed by atoms with Crippen LogP contribution in [0, 0.1) is 0 Å². The highest BCUT2D eigenvalue weighted by atomic mass is 32.2.